The maximum Gasteiger partial charge on any atom is 0.416 e. The zero-order chi connectivity index (χ0) is 23.6. The maximum atomic E-state index is 13.5. The number of benzene rings is 3. The van der Waals surface area contributed by atoms with E-state index in [0.717, 1.165) is 24.3 Å². The first-order valence-corrected chi connectivity index (χ1v) is 9.72. The Kier molecular flexibility index (Phi) is 6.04. The molecule has 1 heterocycles. The van der Waals surface area contributed by atoms with Crippen LogP contribution in [0.1, 0.15) is 11.1 Å². The van der Waals surface area contributed by atoms with Gasteiger partial charge in [-0.05, 0) is 54.1 Å². The third kappa shape index (κ3) is 4.97. The largest absolute Gasteiger partial charge is 0.493 e. The second kappa shape index (κ2) is 8.93. The molecule has 3 aromatic carbocycles. The number of ether oxygens (including phenoxy) is 2. The minimum Gasteiger partial charge on any atom is -0.493 e. The smallest absolute Gasteiger partial charge is 0.416 e. The summed E-state index contributed by atoms with van der Waals surface area (Å²) in [6.07, 6.45) is -2.84. The average Bonchev–Trinajstić information content (AvgIpc) is 3.29. The number of aromatic nitrogens is 2. The molecule has 0 amide bonds. The van der Waals surface area contributed by atoms with E-state index in [1.807, 2.05) is 0 Å². The minimum atomic E-state index is -4.39. The first kappa shape index (κ1) is 22.3. The van der Waals surface area contributed by atoms with E-state index >= 15 is 0 Å². The van der Waals surface area contributed by atoms with Crippen molar-refractivity contribution in [2.75, 3.05) is 7.11 Å². The molecule has 0 unspecified atom stereocenters. The SMILES string of the molecule is COc1cc(-c2cnc(-c3ccc(F)c(F)c3)[nH]2)ccc1OCc1ccc(C(F)(F)F)cc1. The molecule has 0 radical (unpaired) electrons. The molecule has 9 heteroatoms. The number of halogens is 5. The summed E-state index contributed by atoms with van der Waals surface area (Å²) < 4.78 is 75.9. The van der Waals surface area contributed by atoms with E-state index in [1.165, 1.54) is 25.3 Å². The fourth-order valence-electron chi connectivity index (χ4n) is 3.16. The lowest BCUT2D eigenvalue weighted by molar-refractivity contribution is -0.137. The molecule has 1 N–H and O–H groups in total. The van der Waals surface area contributed by atoms with Crippen molar-refractivity contribution in [2.45, 2.75) is 12.8 Å². The second-order valence-corrected chi connectivity index (χ2v) is 7.12. The summed E-state index contributed by atoms with van der Waals surface area (Å²) in [5.74, 6) is -0.737. The van der Waals surface area contributed by atoms with Crippen LogP contribution in [0.2, 0.25) is 0 Å². The van der Waals surface area contributed by atoms with Gasteiger partial charge >= 0.3 is 6.18 Å². The lowest BCUT2D eigenvalue weighted by Crippen LogP contribution is -2.05. The van der Waals surface area contributed by atoms with E-state index in [1.54, 1.807) is 24.4 Å². The number of hydrogen-bond donors (Lipinski definition) is 1. The zero-order valence-corrected chi connectivity index (χ0v) is 17.2. The highest BCUT2D eigenvalue weighted by Crippen LogP contribution is 2.34. The summed E-state index contributed by atoms with van der Waals surface area (Å²) >= 11 is 0. The highest BCUT2D eigenvalue weighted by Gasteiger charge is 2.29. The van der Waals surface area contributed by atoms with Crippen LogP contribution < -0.4 is 9.47 Å². The minimum absolute atomic E-state index is 0.0538. The molecule has 33 heavy (non-hydrogen) atoms. The van der Waals surface area contributed by atoms with E-state index in [2.05, 4.69) is 9.97 Å². The Morgan fingerprint density at radius 3 is 2.24 bits per heavy atom. The lowest BCUT2D eigenvalue weighted by atomic mass is 10.1. The molecule has 0 aliphatic heterocycles. The van der Waals surface area contributed by atoms with Crippen molar-refractivity contribution in [1.29, 1.82) is 0 Å². The Hall–Kier alpha value is -3.88. The highest BCUT2D eigenvalue weighted by atomic mass is 19.4. The summed E-state index contributed by atoms with van der Waals surface area (Å²) in [6, 6.07) is 13.3. The number of methoxy groups -OCH3 is 1. The summed E-state index contributed by atoms with van der Waals surface area (Å²) in [5.41, 5.74) is 1.55. The molecule has 170 valence electrons. The Morgan fingerprint density at radius 1 is 0.848 bits per heavy atom. The van der Waals surface area contributed by atoms with Gasteiger partial charge in [0.2, 0.25) is 0 Å². The van der Waals surface area contributed by atoms with Gasteiger partial charge in [0.15, 0.2) is 23.1 Å². The van der Waals surface area contributed by atoms with Crippen LogP contribution in [0.25, 0.3) is 22.6 Å². The molecule has 4 rings (SSSR count). The number of nitrogens with zero attached hydrogens (tertiary/aromatic N) is 1. The van der Waals surface area contributed by atoms with Gasteiger partial charge in [-0.25, -0.2) is 13.8 Å². The summed E-state index contributed by atoms with van der Waals surface area (Å²) in [4.78, 5) is 7.27. The van der Waals surface area contributed by atoms with Gasteiger partial charge in [-0.15, -0.1) is 0 Å². The number of aromatic amines is 1. The first-order chi connectivity index (χ1) is 15.7. The van der Waals surface area contributed by atoms with Crippen LogP contribution >= 0.6 is 0 Å². The fraction of sp³-hybridized carbons (Fsp3) is 0.125. The van der Waals surface area contributed by atoms with Crippen LogP contribution in [0, 0.1) is 11.6 Å². The summed E-state index contributed by atoms with van der Waals surface area (Å²) in [7, 11) is 1.46. The number of rotatable bonds is 6. The van der Waals surface area contributed by atoms with Crippen LogP contribution in [0.4, 0.5) is 22.0 Å². The third-order valence-electron chi connectivity index (χ3n) is 4.92. The standard InChI is InChI=1S/C24H17F5N2O2/c1-32-22-11-15(20-12-30-23(31-20)16-4-8-18(25)19(26)10-16)5-9-21(22)33-13-14-2-6-17(7-3-14)24(27,28)29/h2-12H,13H2,1H3,(H,30,31). The van der Waals surface area contributed by atoms with Crippen molar-refractivity contribution in [3.63, 3.8) is 0 Å². The van der Waals surface area contributed by atoms with Crippen LogP contribution in [-0.4, -0.2) is 17.1 Å². The topological polar surface area (TPSA) is 47.1 Å². The molecule has 1 aromatic heterocycles. The molecular formula is C24H17F5N2O2. The molecule has 0 aliphatic rings. The average molecular weight is 460 g/mol. The summed E-state index contributed by atoms with van der Waals surface area (Å²) in [5, 5.41) is 0. The van der Waals surface area contributed by atoms with Crippen LogP contribution in [0.5, 0.6) is 11.5 Å². The molecule has 4 aromatic rings. The Labute approximate surface area is 185 Å². The van der Waals surface area contributed by atoms with Gasteiger partial charge in [0, 0.05) is 11.1 Å². The molecule has 0 bridgehead atoms. The van der Waals surface area contributed by atoms with Crippen molar-refractivity contribution >= 4 is 0 Å². The van der Waals surface area contributed by atoms with Crippen LogP contribution in [0.3, 0.4) is 0 Å². The van der Waals surface area contributed by atoms with Gasteiger partial charge in [-0.2, -0.15) is 13.2 Å². The predicted molar refractivity (Wildman–Crippen MR) is 112 cm³/mol. The first-order valence-electron chi connectivity index (χ1n) is 9.72. The van der Waals surface area contributed by atoms with E-state index in [-0.39, 0.29) is 6.61 Å². The maximum absolute atomic E-state index is 13.5. The van der Waals surface area contributed by atoms with Crippen molar-refractivity contribution in [1.82, 2.24) is 9.97 Å². The second-order valence-electron chi connectivity index (χ2n) is 7.12. The number of imidazole rings is 1. The van der Waals surface area contributed by atoms with Crippen molar-refractivity contribution < 1.29 is 31.4 Å². The number of H-pyrrole nitrogens is 1. The number of nitrogens with one attached hydrogen (secondary N) is 1. The molecular weight excluding hydrogens is 443 g/mol. The van der Waals surface area contributed by atoms with Gasteiger partial charge in [-0.3, -0.25) is 0 Å². The van der Waals surface area contributed by atoms with E-state index < -0.39 is 23.4 Å². The molecule has 0 spiro atoms. The third-order valence-corrected chi connectivity index (χ3v) is 4.92. The quantitative estimate of drug-likeness (QED) is 0.329. The highest BCUT2D eigenvalue weighted by molar-refractivity contribution is 5.67. The van der Waals surface area contributed by atoms with Crippen LogP contribution in [-0.2, 0) is 12.8 Å². The van der Waals surface area contributed by atoms with E-state index in [0.29, 0.717) is 39.7 Å². The molecule has 4 nitrogen and oxygen atoms in total. The predicted octanol–water partition coefficient (Wildman–Crippen LogP) is 6.63. The van der Waals surface area contributed by atoms with Crippen molar-refractivity contribution in [2.24, 2.45) is 0 Å². The van der Waals surface area contributed by atoms with Gasteiger partial charge in [0.25, 0.3) is 0 Å². The van der Waals surface area contributed by atoms with Gasteiger partial charge in [0.05, 0.1) is 24.6 Å². The molecule has 0 saturated heterocycles. The van der Waals surface area contributed by atoms with Crippen LogP contribution in [0.15, 0.2) is 66.9 Å². The Morgan fingerprint density at radius 2 is 1.58 bits per heavy atom. The Bertz CT molecular complexity index is 1270. The number of alkyl halides is 3. The molecule has 0 saturated carbocycles. The van der Waals surface area contributed by atoms with Gasteiger partial charge < -0.3 is 14.5 Å². The van der Waals surface area contributed by atoms with E-state index in [9.17, 15) is 22.0 Å². The molecule has 0 atom stereocenters. The number of hydrogen-bond acceptors (Lipinski definition) is 3. The van der Waals surface area contributed by atoms with Crippen molar-refractivity contribution in [3.05, 3.63) is 89.6 Å². The normalized spacial score (nSPS) is 11.5. The van der Waals surface area contributed by atoms with Gasteiger partial charge in [-0.1, -0.05) is 12.1 Å². The Balaban J connectivity index is 1.50. The fourth-order valence-corrected chi connectivity index (χ4v) is 3.16. The van der Waals surface area contributed by atoms with Crippen molar-refractivity contribution in [3.8, 4) is 34.1 Å². The monoisotopic (exact) mass is 460 g/mol. The lowest BCUT2D eigenvalue weighted by Gasteiger charge is -2.12. The van der Waals surface area contributed by atoms with Gasteiger partial charge in [0.1, 0.15) is 12.4 Å². The molecule has 0 aliphatic carbocycles. The zero-order valence-electron chi connectivity index (χ0n) is 17.2. The summed E-state index contributed by atoms with van der Waals surface area (Å²) in [6.45, 7) is 0.0538. The molecule has 0 fully saturated rings. The van der Waals surface area contributed by atoms with E-state index in [4.69, 9.17) is 9.47 Å².